The third-order valence-corrected chi connectivity index (χ3v) is 6.95. The molecule has 0 radical (unpaired) electrons. The lowest BCUT2D eigenvalue weighted by Crippen LogP contribution is -2.22. The molecule has 1 heterocycles. The van der Waals surface area contributed by atoms with Gasteiger partial charge in [0.15, 0.2) is 0 Å². The van der Waals surface area contributed by atoms with Crippen molar-refractivity contribution in [3.63, 3.8) is 0 Å². The summed E-state index contributed by atoms with van der Waals surface area (Å²) < 4.78 is 14.8. The van der Waals surface area contributed by atoms with Gasteiger partial charge in [-0.1, -0.05) is 50.0 Å². The molecule has 0 aliphatic heterocycles. The Labute approximate surface area is 169 Å². The number of ether oxygens (including phenoxy) is 2. The number of fused-ring (bicyclic) bond motifs is 1. The van der Waals surface area contributed by atoms with Gasteiger partial charge in [-0.25, -0.2) is 4.68 Å². The van der Waals surface area contributed by atoms with Crippen molar-refractivity contribution in [1.29, 1.82) is 0 Å². The first-order chi connectivity index (χ1) is 12.4. The lowest BCUT2D eigenvalue weighted by molar-refractivity contribution is 0.0773. The summed E-state index contributed by atoms with van der Waals surface area (Å²) in [6.45, 7) is 8.94. The van der Waals surface area contributed by atoms with Gasteiger partial charge in [0.25, 0.3) is 0 Å². The van der Waals surface area contributed by atoms with E-state index in [1.807, 2.05) is 35.0 Å². The first-order valence-electron chi connectivity index (χ1n) is 8.83. The van der Waals surface area contributed by atoms with E-state index in [1.54, 1.807) is 0 Å². The molecule has 26 heavy (non-hydrogen) atoms. The summed E-state index contributed by atoms with van der Waals surface area (Å²) in [5.41, 5.74) is 2.09. The van der Waals surface area contributed by atoms with Crippen molar-refractivity contribution in [3.05, 3.63) is 57.8 Å². The molecule has 0 unspecified atom stereocenters. The standard InChI is InChI=1S/C20H25IN2O2Si/c1-26(2,3)12-11-24-15-23-20(21)18-10-9-17(13-19(18)22-23)25-14-16-7-5-4-6-8-16/h4-10,13H,11-12,14-15H2,1-3H3. The Kier molecular flexibility index (Phi) is 6.36. The minimum atomic E-state index is -1.06. The van der Waals surface area contributed by atoms with Crippen LogP contribution in [0, 0.1) is 3.70 Å². The van der Waals surface area contributed by atoms with E-state index in [0.29, 0.717) is 13.3 Å². The van der Waals surface area contributed by atoms with Gasteiger partial charge in [0.2, 0.25) is 0 Å². The third kappa shape index (κ3) is 5.31. The lowest BCUT2D eigenvalue weighted by Gasteiger charge is -2.15. The second-order valence-electron chi connectivity index (χ2n) is 7.59. The van der Waals surface area contributed by atoms with Gasteiger partial charge in [0.1, 0.15) is 22.8 Å². The van der Waals surface area contributed by atoms with Crippen LogP contribution in [0.1, 0.15) is 5.56 Å². The zero-order valence-corrected chi connectivity index (χ0v) is 18.7. The highest BCUT2D eigenvalue weighted by molar-refractivity contribution is 14.1. The largest absolute Gasteiger partial charge is 0.489 e. The van der Waals surface area contributed by atoms with Crippen molar-refractivity contribution < 1.29 is 9.47 Å². The Bertz CT molecular complexity index is 859. The Balaban J connectivity index is 1.64. The topological polar surface area (TPSA) is 36.3 Å². The molecule has 6 heteroatoms. The lowest BCUT2D eigenvalue weighted by atomic mass is 10.2. The molecule has 1 aromatic heterocycles. The monoisotopic (exact) mass is 480 g/mol. The number of aromatic nitrogens is 2. The van der Waals surface area contributed by atoms with Crippen LogP contribution < -0.4 is 4.74 Å². The molecule has 0 aliphatic carbocycles. The van der Waals surface area contributed by atoms with E-state index >= 15 is 0 Å². The van der Waals surface area contributed by atoms with Gasteiger partial charge in [-0.15, -0.1) is 0 Å². The molecule has 138 valence electrons. The van der Waals surface area contributed by atoms with E-state index in [2.05, 4.69) is 65.5 Å². The third-order valence-electron chi connectivity index (χ3n) is 4.10. The average molecular weight is 480 g/mol. The Morgan fingerprint density at radius 3 is 2.58 bits per heavy atom. The molecule has 3 aromatic rings. The molecule has 0 fully saturated rings. The van der Waals surface area contributed by atoms with Gasteiger partial charge in [-0.05, 0) is 46.3 Å². The van der Waals surface area contributed by atoms with Gasteiger partial charge < -0.3 is 9.47 Å². The van der Waals surface area contributed by atoms with E-state index in [9.17, 15) is 0 Å². The Morgan fingerprint density at radius 2 is 1.85 bits per heavy atom. The molecule has 0 aliphatic rings. The molecule has 0 spiro atoms. The second kappa shape index (κ2) is 8.54. The van der Waals surface area contributed by atoms with Crippen molar-refractivity contribution in [2.75, 3.05) is 6.61 Å². The maximum absolute atomic E-state index is 5.91. The van der Waals surface area contributed by atoms with Crippen LogP contribution in [-0.2, 0) is 18.1 Å². The molecule has 4 nitrogen and oxygen atoms in total. The summed E-state index contributed by atoms with van der Waals surface area (Å²) in [6, 6.07) is 17.4. The maximum Gasteiger partial charge on any atom is 0.140 e. The van der Waals surface area contributed by atoms with Crippen LogP contribution in [-0.4, -0.2) is 24.5 Å². The van der Waals surface area contributed by atoms with E-state index < -0.39 is 8.07 Å². The zero-order valence-electron chi connectivity index (χ0n) is 15.5. The van der Waals surface area contributed by atoms with Crippen LogP contribution in [0.15, 0.2) is 48.5 Å². The highest BCUT2D eigenvalue weighted by atomic mass is 127. The number of nitrogens with zero attached hydrogens (tertiary/aromatic N) is 2. The van der Waals surface area contributed by atoms with E-state index in [-0.39, 0.29) is 0 Å². The van der Waals surface area contributed by atoms with Gasteiger partial charge >= 0.3 is 0 Å². The minimum Gasteiger partial charge on any atom is -0.489 e. The summed E-state index contributed by atoms with van der Waals surface area (Å²) in [5, 5.41) is 5.81. The van der Waals surface area contributed by atoms with Crippen molar-refractivity contribution in [1.82, 2.24) is 9.78 Å². The summed E-state index contributed by atoms with van der Waals surface area (Å²) in [5.74, 6) is 0.835. The van der Waals surface area contributed by atoms with E-state index in [4.69, 9.17) is 9.47 Å². The molecule has 0 saturated heterocycles. The van der Waals surface area contributed by atoms with Crippen molar-refractivity contribution in [2.24, 2.45) is 0 Å². The fraction of sp³-hybridized carbons (Fsp3) is 0.350. The number of halogens is 1. The zero-order chi connectivity index (χ0) is 18.6. The quantitative estimate of drug-likeness (QED) is 0.242. The first kappa shape index (κ1) is 19.4. The fourth-order valence-corrected chi connectivity index (χ4v) is 3.99. The predicted molar refractivity (Wildman–Crippen MR) is 117 cm³/mol. The summed E-state index contributed by atoms with van der Waals surface area (Å²) in [6.07, 6.45) is 0. The molecular formula is C20H25IN2O2Si. The first-order valence-corrected chi connectivity index (χ1v) is 13.6. The molecule has 0 atom stereocenters. The molecular weight excluding hydrogens is 455 g/mol. The molecule has 3 rings (SSSR count). The van der Waals surface area contributed by atoms with E-state index in [1.165, 1.54) is 6.04 Å². The SMILES string of the molecule is C[Si](C)(C)CCOCn1nc2cc(OCc3ccccc3)ccc2c1I. The van der Waals surface area contributed by atoms with Crippen molar-refractivity contribution in [2.45, 2.75) is 39.0 Å². The normalized spacial score (nSPS) is 11.8. The second-order valence-corrected chi connectivity index (χ2v) is 14.2. The van der Waals surface area contributed by atoms with Crippen molar-refractivity contribution >= 4 is 41.6 Å². The van der Waals surface area contributed by atoms with E-state index in [0.717, 1.165) is 32.5 Å². The molecule has 0 bridgehead atoms. The predicted octanol–water partition coefficient (Wildman–Crippen LogP) is 5.53. The van der Waals surface area contributed by atoms with Gasteiger partial charge in [0.05, 0.1) is 5.52 Å². The molecule has 0 N–H and O–H groups in total. The minimum absolute atomic E-state index is 0.498. The van der Waals surface area contributed by atoms with Crippen LogP contribution in [0.4, 0.5) is 0 Å². The Hall–Kier alpha value is -1.38. The average Bonchev–Trinajstić information content (AvgIpc) is 2.92. The number of hydrogen-bond donors (Lipinski definition) is 0. The number of rotatable bonds is 8. The fourth-order valence-electron chi connectivity index (χ4n) is 2.53. The van der Waals surface area contributed by atoms with Crippen LogP contribution in [0.2, 0.25) is 25.7 Å². The summed E-state index contributed by atoms with van der Waals surface area (Å²) >= 11 is 2.33. The van der Waals surface area contributed by atoms with Crippen LogP contribution >= 0.6 is 22.6 Å². The van der Waals surface area contributed by atoms with Gasteiger partial charge in [-0.2, -0.15) is 5.10 Å². The molecule has 0 saturated carbocycles. The van der Waals surface area contributed by atoms with Gasteiger partial charge in [-0.3, -0.25) is 0 Å². The highest BCUT2D eigenvalue weighted by Gasteiger charge is 2.13. The highest BCUT2D eigenvalue weighted by Crippen LogP contribution is 2.25. The summed E-state index contributed by atoms with van der Waals surface area (Å²) in [4.78, 5) is 0. The van der Waals surface area contributed by atoms with Crippen LogP contribution in [0.3, 0.4) is 0 Å². The maximum atomic E-state index is 5.91. The number of benzene rings is 2. The number of hydrogen-bond acceptors (Lipinski definition) is 3. The molecule has 0 amide bonds. The van der Waals surface area contributed by atoms with Crippen LogP contribution in [0.25, 0.3) is 10.9 Å². The van der Waals surface area contributed by atoms with Crippen molar-refractivity contribution in [3.8, 4) is 5.75 Å². The molecule has 2 aromatic carbocycles. The Morgan fingerprint density at radius 1 is 1.08 bits per heavy atom. The summed E-state index contributed by atoms with van der Waals surface area (Å²) in [7, 11) is -1.06. The smallest absolute Gasteiger partial charge is 0.140 e. The van der Waals surface area contributed by atoms with Gasteiger partial charge in [0, 0.05) is 26.1 Å². The van der Waals surface area contributed by atoms with Crippen LogP contribution in [0.5, 0.6) is 5.75 Å².